The lowest BCUT2D eigenvalue weighted by Gasteiger charge is -2.27. The van der Waals surface area contributed by atoms with E-state index in [1.54, 1.807) is 0 Å². The van der Waals surface area contributed by atoms with E-state index < -0.39 is 0 Å². The molecule has 1 aromatic rings. The summed E-state index contributed by atoms with van der Waals surface area (Å²) in [7, 11) is 0. The fraction of sp³-hybridized carbons (Fsp3) is 0.714. The molecule has 0 amide bonds. The lowest BCUT2D eigenvalue weighted by Crippen LogP contribution is -2.29. The molecule has 130 valence electrons. The number of hydrogen-bond acceptors (Lipinski definition) is 2. The second-order valence-electron chi connectivity index (χ2n) is 7.81. The van der Waals surface area contributed by atoms with Crippen molar-refractivity contribution < 1.29 is 9.47 Å². The third-order valence-electron chi connectivity index (χ3n) is 4.58. The molecule has 0 heterocycles. The van der Waals surface area contributed by atoms with E-state index in [4.69, 9.17) is 9.47 Å². The number of rotatable bonds is 8. The van der Waals surface area contributed by atoms with Crippen LogP contribution in [0.3, 0.4) is 0 Å². The second-order valence-corrected chi connectivity index (χ2v) is 7.81. The molecule has 0 spiro atoms. The highest BCUT2D eigenvalue weighted by Gasteiger charge is 2.20. The first-order valence-corrected chi connectivity index (χ1v) is 9.41. The smallest absolute Gasteiger partial charge is 0.202 e. The number of benzene rings is 1. The van der Waals surface area contributed by atoms with Crippen LogP contribution in [0.15, 0.2) is 24.3 Å². The van der Waals surface area contributed by atoms with E-state index in [-0.39, 0.29) is 6.29 Å². The summed E-state index contributed by atoms with van der Waals surface area (Å²) >= 11 is 0. The predicted octanol–water partition coefficient (Wildman–Crippen LogP) is 5.84. The van der Waals surface area contributed by atoms with Gasteiger partial charge < -0.3 is 9.47 Å². The zero-order valence-corrected chi connectivity index (χ0v) is 15.4. The summed E-state index contributed by atoms with van der Waals surface area (Å²) in [5, 5.41) is 0. The van der Waals surface area contributed by atoms with Gasteiger partial charge in [0.1, 0.15) is 5.75 Å². The molecule has 1 saturated carbocycles. The van der Waals surface area contributed by atoms with Crippen LogP contribution in [-0.4, -0.2) is 12.9 Å². The van der Waals surface area contributed by atoms with E-state index >= 15 is 0 Å². The molecular formula is C21H34O2. The SMILES string of the molecule is CC(C)Cc1ccc(OC(OCC2CCCCC2)C(C)C)cc1. The maximum atomic E-state index is 6.12. The first-order chi connectivity index (χ1) is 11.0. The highest BCUT2D eigenvalue weighted by molar-refractivity contribution is 5.27. The van der Waals surface area contributed by atoms with Crippen LogP contribution >= 0.6 is 0 Å². The van der Waals surface area contributed by atoms with Gasteiger partial charge in [-0.1, -0.05) is 59.1 Å². The number of hydrogen-bond donors (Lipinski definition) is 0. The summed E-state index contributed by atoms with van der Waals surface area (Å²) in [6, 6.07) is 8.51. The Bertz CT molecular complexity index is 430. The van der Waals surface area contributed by atoms with Crippen LogP contribution in [0.2, 0.25) is 0 Å². The van der Waals surface area contributed by atoms with Crippen molar-refractivity contribution in [3.05, 3.63) is 29.8 Å². The minimum absolute atomic E-state index is 0.145. The monoisotopic (exact) mass is 318 g/mol. The average Bonchev–Trinajstić information content (AvgIpc) is 2.53. The Morgan fingerprint density at radius 1 is 0.957 bits per heavy atom. The lowest BCUT2D eigenvalue weighted by atomic mass is 9.90. The molecule has 0 aliphatic heterocycles. The molecule has 0 radical (unpaired) electrons. The third-order valence-corrected chi connectivity index (χ3v) is 4.58. The predicted molar refractivity (Wildman–Crippen MR) is 96.8 cm³/mol. The normalized spacial score (nSPS) is 17.7. The number of ether oxygens (including phenoxy) is 2. The van der Waals surface area contributed by atoms with Gasteiger partial charge in [0.2, 0.25) is 6.29 Å². The van der Waals surface area contributed by atoms with Crippen LogP contribution in [0.1, 0.15) is 65.4 Å². The van der Waals surface area contributed by atoms with Gasteiger partial charge in [-0.25, -0.2) is 0 Å². The van der Waals surface area contributed by atoms with Gasteiger partial charge >= 0.3 is 0 Å². The van der Waals surface area contributed by atoms with Crippen molar-refractivity contribution in [3.63, 3.8) is 0 Å². The van der Waals surface area contributed by atoms with Crippen LogP contribution in [0.4, 0.5) is 0 Å². The molecule has 2 rings (SSSR count). The summed E-state index contributed by atoms with van der Waals surface area (Å²) in [6.45, 7) is 9.67. The molecule has 2 nitrogen and oxygen atoms in total. The van der Waals surface area contributed by atoms with E-state index in [2.05, 4.69) is 52.0 Å². The Morgan fingerprint density at radius 2 is 1.61 bits per heavy atom. The van der Waals surface area contributed by atoms with Crippen molar-refractivity contribution in [1.82, 2.24) is 0 Å². The van der Waals surface area contributed by atoms with Gasteiger partial charge in [-0.2, -0.15) is 0 Å². The molecule has 1 aliphatic carbocycles. The summed E-state index contributed by atoms with van der Waals surface area (Å²) in [4.78, 5) is 0. The Kier molecular flexibility index (Phi) is 7.42. The van der Waals surface area contributed by atoms with E-state index in [9.17, 15) is 0 Å². The Morgan fingerprint density at radius 3 is 2.17 bits per heavy atom. The van der Waals surface area contributed by atoms with Gasteiger partial charge in [0.05, 0.1) is 6.61 Å². The van der Waals surface area contributed by atoms with Gasteiger partial charge in [0, 0.05) is 5.92 Å². The van der Waals surface area contributed by atoms with E-state index in [0.717, 1.165) is 24.7 Å². The first kappa shape index (κ1) is 18.3. The quantitative estimate of drug-likeness (QED) is 0.560. The Hall–Kier alpha value is -1.02. The highest BCUT2D eigenvalue weighted by Crippen LogP contribution is 2.25. The molecule has 1 unspecified atom stereocenters. The van der Waals surface area contributed by atoms with Crippen LogP contribution < -0.4 is 4.74 Å². The van der Waals surface area contributed by atoms with E-state index in [1.807, 2.05) is 0 Å². The molecule has 1 aliphatic rings. The van der Waals surface area contributed by atoms with Crippen LogP contribution in [0, 0.1) is 17.8 Å². The van der Waals surface area contributed by atoms with Crippen molar-refractivity contribution in [1.29, 1.82) is 0 Å². The largest absolute Gasteiger partial charge is 0.465 e. The zero-order valence-electron chi connectivity index (χ0n) is 15.4. The van der Waals surface area contributed by atoms with Gasteiger partial charge in [-0.3, -0.25) is 0 Å². The lowest BCUT2D eigenvalue weighted by molar-refractivity contribution is -0.120. The Balaban J connectivity index is 1.85. The van der Waals surface area contributed by atoms with E-state index in [1.165, 1.54) is 37.7 Å². The molecule has 1 aromatic carbocycles. The minimum atomic E-state index is -0.145. The maximum Gasteiger partial charge on any atom is 0.202 e. The van der Waals surface area contributed by atoms with Crippen LogP contribution in [0.25, 0.3) is 0 Å². The summed E-state index contributed by atoms with van der Waals surface area (Å²) < 4.78 is 12.2. The molecule has 23 heavy (non-hydrogen) atoms. The zero-order chi connectivity index (χ0) is 16.7. The third kappa shape index (κ3) is 6.55. The molecule has 0 aromatic heterocycles. The maximum absolute atomic E-state index is 6.12. The van der Waals surface area contributed by atoms with Crippen molar-refractivity contribution >= 4 is 0 Å². The van der Waals surface area contributed by atoms with Crippen molar-refractivity contribution in [2.24, 2.45) is 17.8 Å². The molecule has 0 saturated heterocycles. The second kappa shape index (κ2) is 9.32. The van der Waals surface area contributed by atoms with Gasteiger partial charge in [-0.05, 0) is 48.8 Å². The Labute approximate surface area is 142 Å². The summed E-state index contributed by atoms with van der Waals surface area (Å²) in [5.41, 5.74) is 1.37. The molecule has 1 fully saturated rings. The first-order valence-electron chi connectivity index (χ1n) is 9.41. The summed E-state index contributed by atoms with van der Waals surface area (Å²) in [5.74, 6) is 2.68. The van der Waals surface area contributed by atoms with Crippen molar-refractivity contribution in [2.45, 2.75) is 72.5 Å². The minimum Gasteiger partial charge on any atom is -0.465 e. The topological polar surface area (TPSA) is 18.5 Å². The molecular weight excluding hydrogens is 284 g/mol. The van der Waals surface area contributed by atoms with Gasteiger partial charge in [0.15, 0.2) is 0 Å². The van der Waals surface area contributed by atoms with Gasteiger partial charge in [-0.15, -0.1) is 0 Å². The molecule has 1 atom stereocenters. The fourth-order valence-corrected chi connectivity index (χ4v) is 3.26. The van der Waals surface area contributed by atoms with Crippen molar-refractivity contribution in [2.75, 3.05) is 6.61 Å². The highest BCUT2D eigenvalue weighted by atomic mass is 16.7. The van der Waals surface area contributed by atoms with Crippen LogP contribution in [0.5, 0.6) is 5.75 Å². The van der Waals surface area contributed by atoms with Crippen molar-refractivity contribution in [3.8, 4) is 5.75 Å². The average molecular weight is 319 g/mol. The fourth-order valence-electron chi connectivity index (χ4n) is 3.26. The molecule has 2 heteroatoms. The van der Waals surface area contributed by atoms with E-state index in [0.29, 0.717) is 11.8 Å². The standard InChI is InChI=1S/C21H34O2/c1-16(2)14-18-10-12-20(13-11-18)23-21(17(3)4)22-15-19-8-6-5-7-9-19/h10-13,16-17,19,21H,5-9,14-15H2,1-4H3. The van der Waals surface area contributed by atoms with Crippen LogP contribution in [-0.2, 0) is 11.2 Å². The summed E-state index contributed by atoms with van der Waals surface area (Å²) in [6.07, 6.45) is 7.71. The molecule has 0 bridgehead atoms. The van der Waals surface area contributed by atoms with Gasteiger partial charge in [0.25, 0.3) is 0 Å². The molecule has 0 N–H and O–H groups in total.